The number of nitrogens with zero attached hydrogens (tertiary/aromatic N) is 3. The predicted molar refractivity (Wildman–Crippen MR) is 64.6 cm³/mol. The topological polar surface area (TPSA) is 77.2 Å². The summed E-state index contributed by atoms with van der Waals surface area (Å²) in [7, 11) is 1.65. The van der Waals surface area contributed by atoms with Crippen LogP contribution in [-0.4, -0.2) is 32.4 Å². The fourth-order valence-electron chi connectivity index (χ4n) is 1.64. The van der Waals surface area contributed by atoms with Crippen LogP contribution in [0.15, 0.2) is 24.3 Å². The van der Waals surface area contributed by atoms with Gasteiger partial charge in [0.05, 0.1) is 12.2 Å². The second-order valence-electron chi connectivity index (χ2n) is 3.62. The number of aryl methyl sites for hydroxylation is 1. The second kappa shape index (κ2) is 4.87. The molecule has 0 amide bonds. The molecule has 6 heteroatoms. The van der Waals surface area contributed by atoms with E-state index in [2.05, 4.69) is 10.1 Å². The Morgan fingerprint density at radius 3 is 2.78 bits per heavy atom. The second-order valence-corrected chi connectivity index (χ2v) is 3.62. The Hall–Kier alpha value is -2.37. The van der Waals surface area contributed by atoms with Crippen LogP contribution in [0.25, 0.3) is 11.4 Å². The fourth-order valence-corrected chi connectivity index (χ4v) is 1.64. The number of hydrogen-bond acceptors (Lipinski definition) is 4. The van der Waals surface area contributed by atoms with Crippen molar-refractivity contribution in [2.75, 3.05) is 6.61 Å². The van der Waals surface area contributed by atoms with Crippen molar-refractivity contribution in [2.24, 2.45) is 7.05 Å². The van der Waals surface area contributed by atoms with Crippen LogP contribution < -0.4 is 4.74 Å². The lowest BCUT2D eigenvalue weighted by Gasteiger charge is -2.08. The van der Waals surface area contributed by atoms with Crippen LogP contribution in [0.3, 0.4) is 0 Å². The molecule has 0 unspecified atom stereocenters. The van der Waals surface area contributed by atoms with E-state index in [0.29, 0.717) is 18.2 Å². The molecule has 18 heavy (non-hydrogen) atoms. The van der Waals surface area contributed by atoms with E-state index >= 15 is 0 Å². The van der Waals surface area contributed by atoms with E-state index in [4.69, 9.17) is 9.84 Å². The van der Waals surface area contributed by atoms with E-state index < -0.39 is 5.97 Å². The highest BCUT2D eigenvalue weighted by atomic mass is 16.5. The molecule has 0 aliphatic rings. The van der Waals surface area contributed by atoms with Gasteiger partial charge in [-0.05, 0) is 19.1 Å². The van der Waals surface area contributed by atoms with E-state index in [9.17, 15) is 4.79 Å². The minimum absolute atomic E-state index is 0.223. The highest BCUT2D eigenvalue weighted by molar-refractivity contribution is 5.84. The molecule has 0 fully saturated rings. The number of aromatic nitrogens is 3. The number of benzene rings is 1. The van der Waals surface area contributed by atoms with E-state index in [1.54, 1.807) is 7.05 Å². The van der Waals surface area contributed by atoms with Crippen molar-refractivity contribution in [1.29, 1.82) is 0 Å². The van der Waals surface area contributed by atoms with Gasteiger partial charge in [0, 0.05) is 7.05 Å². The first-order chi connectivity index (χ1) is 8.63. The molecule has 1 N–H and O–H groups in total. The van der Waals surface area contributed by atoms with Gasteiger partial charge in [-0.1, -0.05) is 12.1 Å². The normalized spacial score (nSPS) is 10.3. The highest BCUT2D eigenvalue weighted by Crippen LogP contribution is 2.28. The Balaban J connectivity index is 2.51. The number of para-hydroxylation sites is 1. The minimum atomic E-state index is -1.15. The van der Waals surface area contributed by atoms with Gasteiger partial charge in [-0.3, -0.25) is 0 Å². The summed E-state index contributed by atoms with van der Waals surface area (Å²) < 4.78 is 6.92. The van der Waals surface area contributed by atoms with Crippen molar-refractivity contribution in [3.05, 3.63) is 30.1 Å². The van der Waals surface area contributed by atoms with Crippen molar-refractivity contribution >= 4 is 5.97 Å². The molecule has 0 aliphatic heterocycles. The Labute approximate surface area is 104 Å². The average Bonchev–Trinajstić information content (AvgIpc) is 2.73. The third-order valence-electron chi connectivity index (χ3n) is 2.38. The van der Waals surface area contributed by atoms with E-state index in [1.165, 1.54) is 4.68 Å². The molecule has 1 aromatic heterocycles. The quantitative estimate of drug-likeness (QED) is 0.887. The Morgan fingerprint density at radius 1 is 1.44 bits per heavy atom. The van der Waals surface area contributed by atoms with E-state index in [1.807, 2.05) is 31.2 Å². The molecule has 1 heterocycles. The number of rotatable bonds is 4. The SMILES string of the molecule is CCOc1ccccc1-c1nc(C(=O)O)nn1C. The van der Waals surface area contributed by atoms with Gasteiger partial charge >= 0.3 is 5.97 Å². The molecule has 0 spiro atoms. The van der Waals surface area contributed by atoms with E-state index in [0.717, 1.165) is 5.56 Å². The smallest absolute Gasteiger partial charge is 0.375 e. The highest BCUT2D eigenvalue weighted by Gasteiger charge is 2.17. The van der Waals surface area contributed by atoms with Crippen molar-refractivity contribution in [3.8, 4) is 17.1 Å². The number of ether oxygens (including phenoxy) is 1. The maximum absolute atomic E-state index is 10.8. The van der Waals surface area contributed by atoms with Gasteiger partial charge in [0.15, 0.2) is 5.82 Å². The molecule has 0 radical (unpaired) electrons. The summed E-state index contributed by atoms with van der Waals surface area (Å²) in [5.41, 5.74) is 0.724. The van der Waals surface area contributed by atoms with Crippen molar-refractivity contribution < 1.29 is 14.6 Å². The van der Waals surface area contributed by atoms with Crippen LogP contribution in [0.2, 0.25) is 0 Å². The Morgan fingerprint density at radius 2 is 2.17 bits per heavy atom. The maximum Gasteiger partial charge on any atom is 0.375 e. The van der Waals surface area contributed by atoms with Crippen LogP contribution in [0.4, 0.5) is 0 Å². The van der Waals surface area contributed by atoms with Gasteiger partial charge < -0.3 is 9.84 Å². The molecular formula is C12H13N3O3. The summed E-state index contributed by atoms with van der Waals surface area (Å²) in [5.74, 6) is -0.242. The first-order valence-corrected chi connectivity index (χ1v) is 5.50. The fraction of sp³-hybridized carbons (Fsp3) is 0.250. The monoisotopic (exact) mass is 247 g/mol. The standard InChI is InChI=1S/C12H13N3O3/c1-3-18-9-7-5-4-6-8(9)11-13-10(12(16)17)14-15(11)2/h4-7H,3H2,1-2H3,(H,16,17). The molecule has 94 valence electrons. The van der Waals surface area contributed by atoms with Gasteiger partial charge in [-0.25, -0.2) is 14.5 Å². The van der Waals surface area contributed by atoms with E-state index in [-0.39, 0.29) is 5.82 Å². The van der Waals surface area contributed by atoms with Crippen LogP contribution in [0.1, 0.15) is 17.5 Å². The zero-order valence-corrected chi connectivity index (χ0v) is 10.1. The molecule has 2 aromatic rings. The molecule has 0 atom stereocenters. The summed E-state index contributed by atoms with van der Waals surface area (Å²) in [6, 6.07) is 7.32. The molecule has 0 saturated carbocycles. The van der Waals surface area contributed by atoms with Crippen LogP contribution in [-0.2, 0) is 7.05 Å². The lowest BCUT2D eigenvalue weighted by atomic mass is 10.2. The molecular weight excluding hydrogens is 234 g/mol. The van der Waals surface area contributed by atoms with Gasteiger partial charge in [-0.15, -0.1) is 5.10 Å². The van der Waals surface area contributed by atoms with Gasteiger partial charge in [0.1, 0.15) is 5.75 Å². The zero-order valence-electron chi connectivity index (χ0n) is 10.1. The number of aromatic carboxylic acids is 1. The summed E-state index contributed by atoms with van der Waals surface area (Å²) in [5, 5.41) is 12.7. The van der Waals surface area contributed by atoms with Gasteiger partial charge in [0.2, 0.25) is 0 Å². The van der Waals surface area contributed by atoms with Crippen molar-refractivity contribution in [2.45, 2.75) is 6.92 Å². The maximum atomic E-state index is 10.8. The molecule has 0 saturated heterocycles. The van der Waals surface area contributed by atoms with Crippen molar-refractivity contribution in [1.82, 2.24) is 14.8 Å². The molecule has 1 aromatic carbocycles. The molecule has 2 rings (SSSR count). The Bertz CT molecular complexity index is 578. The number of hydrogen-bond donors (Lipinski definition) is 1. The number of carboxylic acids is 1. The lowest BCUT2D eigenvalue weighted by Crippen LogP contribution is -2.00. The Kier molecular flexibility index (Phi) is 3.27. The van der Waals surface area contributed by atoms with Crippen LogP contribution >= 0.6 is 0 Å². The number of carboxylic acid groups (broad SMARTS) is 1. The van der Waals surface area contributed by atoms with Gasteiger partial charge in [0.25, 0.3) is 5.82 Å². The van der Waals surface area contributed by atoms with Crippen LogP contribution in [0.5, 0.6) is 5.75 Å². The zero-order chi connectivity index (χ0) is 13.1. The average molecular weight is 247 g/mol. The molecule has 0 bridgehead atoms. The first kappa shape index (κ1) is 12.1. The summed E-state index contributed by atoms with van der Waals surface area (Å²) in [6.07, 6.45) is 0. The molecule has 0 aliphatic carbocycles. The third kappa shape index (κ3) is 2.17. The van der Waals surface area contributed by atoms with Crippen LogP contribution in [0, 0.1) is 0 Å². The summed E-state index contributed by atoms with van der Waals surface area (Å²) in [4.78, 5) is 14.8. The van der Waals surface area contributed by atoms with Crippen molar-refractivity contribution in [3.63, 3.8) is 0 Å². The predicted octanol–water partition coefficient (Wildman–Crippen LogP) is 1.58. The largest absolute Gasteiger partial charge is 0.493 e. The summed E-state index contributed by atoms with van der Waals surface area (Å²) >= 11 is 0. The first-order valence-electron chi connectivity index (χ1n) is 5.50. The van der Waals surface area contributed by atoms with Gasteiger partial charge in [-0.2, -0.15) is 0 Å². The molecule has 6 nitrogen and oxygen atoms in total. The lowest BCUT2D eigenvalue weighted by molar-refractivity contribution is 0.0683. The summed E-state index contributed by atoms with van der Waals surface area (Å²) in [6.45, 7) is 2.41. The number of carbonyl (C=O) groups is 1. The third-order valence-corrected chi connectivity index (χ3v) is 2.38. The minimum Gasteiger partial charge on any atom is -0.493 e.